The molecule has 1 radical (unpaired) electrons. The number of ether oxygens (including phenoxy) is 1. The monoisotopic (exact) mass is 439 g/mol. The number of methoxy groups -OCH3 is 1. The molecule has 1 heteroatoms. The van der Waals surface area contributed by atoms with Crippen molar-refractivity contribution in [2.24, 2.45) is 5.92 Å². The highest BCUT2D eigenvalue weighted by atomic mass is 16.5. The first-order valence-corrected chi connectivity index (χ1v) is 12.8. The summed E-state index contributed by atoms with van der Waals surface area (Å²) in [6, 6.07) is 28.9. The van der Waals surface area contributed by atoms with E-state index in [4.69, 9.17) is 4.74 Å². The van der Waals surface area contributed by atoms with Gasteiger partial charge < -0.3 is 4.74 Å². The van der Waals surface area contributed by atoms with E-state index in [0.717, 1.165) is 24.0 Å². The summed E-state index contributed by atoms with van der Waals surface area (Å²) in [5.74, 6) is 4.69. The summed E-state index contributed by atoms with van der Waals surface area (Å²) in [6.45, 7) is 4.66. The molecule has 3 aromatic carbocycles. The standard InChI is InChI=1S/C32H39O/c1-24(2)31-14-7-8-15-32(31)29(13-9-10-25-17-20-30(33-3)21-18-25)23-26-16-19-28(22-26)27-11-5-4-6-12-27/h4-8,11-12,14-15,17-18,20-21,24,26,28H,9-10,13,16,19,22-23H2,1-3H3. The maximum atomic E-state index is 5.32. The number of aryl methyl sites for hydroxylation is 1. The Morgan fingerprint density at radius 1 is 0.879 bits per heavy atom. The fourth-order valence-electron chi connectivity index (χ4n) is 5.60. The van der Waals surface area contributed by atoms with Crippen LogP contribution in [-0.4, -0.2) is 7.11 Å². The van der Waals surface area contributed by atoms with Crippen LogP contribution in [0.1, 0.15) is 86.5 Å². The number of benzene rings is 3. The maximum absolute atomic E-state index is 5.32. The summed E-state index contributed by atoms with van der Waals surface area (Å²) in [5.41, 5.74) is 5.96. The van der Waals surface area contributed by atoms with Crippen molar-refractivity contribution < 1.29 is 4.74 Å². The van der Waals surface area contributed by atoms with Crippen LogP contribution in [0.3, 0.4) is 0 Å². The van der Waals surface area contributed by atoms with Crippen LogP contribution >= 0.6 is 0 Å². The van der Waals surface area contributed by atoms with Crippen molar-refractivity contribution >= 4 is 0 Å². The normalized spacial score (nSPS) is 18.2. The summed E-state index contributed by atoms with van der Waals surface area (Å²) < 4.78 is 5.32. The summed E-state index contributed by atoms with van der Waals surface area (Å²) in [6.07, 6.45) is 8.76. The SMILES string of the molecule is COc1ccc(CCC[C](CC2CCC(c3ccccc3)C2)c2ccccc2C(C)C)cc1. The minimum absolute atomic E-state index is 0.554. The summed E-state index contributed by atoms with van der Waals surface area (Å²) in [4.78, 5) is 0. The van der Waals surface area contributed by atoms with Crippen molar-refractivity contribution in [3.63, 3.8) is 0 Å². The molecule has 173 valence electrons. The zero-order chi connectivity index (χ0) is 23.0. The van der Waals surface area contributed by atoms with Gasteiger partial charge in [-0.2, -0.15) is 0 Å². The van der Waals surface area contributed by atoms with Gasteiger partial charge in [-0.1, -0.05) is 80.6 Å². The Kier molecular flexibility index (Phi) is 8.26. The van der Waals surface area contributed by atoms with Crippen LogP contribution in [0.2, 0.25) is 0 Å². The van der Waals surface area contributed by atoms with Crippen LogP contribution in [-0.2, 0) is 6.42 Å². The molecule has 0 spiro atoms. The Morgan fingerprint density at radius 3 is 2.33 bits per heavy atom. The Balaban J connectivity index is 1.45. The third-order valence-corrected chi connectivity index (χ3v) is 7.41. The molecule has 1 saturated carbocycles. The quantitative estimate of drug-likeness (QED) is 0.307. The minimum Gasteiger partial charge on any atom is -0.497 e. The van der Waals surface area contributed by atoms with Crippen LogP contribution in [0.4, 0.5) is 0 Å². The smallest absolute Gasteiger partial charge is 0.118 e. The zero-order valence-electron chi connectivity index (χ0n) is 20.6. The molecule has 0 saturated heterocycles. The molecule has 0 bridgehead atoms. The third-order valence-electron chi connectivity index (χ3n) is 7.41. The van der Waals surface area contributed by atoms with E-state index in [1.54, 1.807) is 13.0 Å². The van der Waals surface area contributed by atoms with Gasteiger partial charge in [-0.3, -0.25) is 0 Å². The Bertz CT molecular complexity index is 973. The van der Waals surface area contributed by atoms with Gasteiger partial charge in [0.25, 0.3) is 0 Å². The van der Waals surface area contributed by atoms with E-state index in [-0.39, 0.29) is 0 Å². The van der Waals surface area contributed by atoms with Crippen LogP contribution in [0.5, 0.6) is 5.75 Å². The molecule has 2 atom stereocenters. The molecular formula is C32H39O. The van der Waals surface area contributed by atoms with Gasteiger partial charge in [0.15, 0.2) is 0 Å². The van der Waals surface area contributed by atoms with E-state index in [1.807, 2.05) is 0 Å². The molecule has 3 aromatic rings. The average molecular weight is 440 g/mol. The van der Waals surface area contributed by atoms with Gasteiger partial charge in [0, 0.05) is 5.92 Å². The van der Waals surface area contributed by atoms with Gasteiger partial charge in [-0.15, -0.1) is 0 Å². The van der Waals surface area contributed by atoms with Crippen molar-refractivity contribution in [1.82, 2.24) is 0 Å². The fourth-order valence-corrected chi connectivity index (χ4v) is 5.60. The molecule has 0 heterocycles. The van der Waals surface area contributed by atoms with Gasteiger partial charge in [-0.25, -0.2) is 0 Å². The van der Waals surface area contributed by atoms with Gasteiger partial charge in [0.1, 0.15) is 5.75 Å². The lowest BCUT2D eigenvalue weighted by Gasteiger charge is -2.25. The third kappa shape index (κ3) is 6.28. The second-order valence-corrected chi connectivity index (χ2v) is 10.0. The van der Waals surface area contributed by atoms with E-state index in [9.17, 15) is 0 Å². The molecular weight excluding hydrogens is 400 g/mol. The Morgan fingerprint density at radius 2 is 1.61 bits per heavy atom. The van der Waals surface area contributed by atoms with E-state index in [0.29, 0.717) is 5.92 Å². The summed E-state index contributed by atoms with van der Waals surface area (Å²) in [5, 5.41) is 0. The molecule has 0 aromatic heterocycles. The largest absolute Gasteiger partial charge is 0.497 e. The highest BCUT2D eigenvalue weighted by Gasteiger charge is 2.29. The van der Waals surface area contributed by atoms with Crippen LogP contribution < -0.4 is 4.74 Å². The number of hydrogen-bond acceptors (Lipinski definition) is 1. The predicted molar refractivity (Wildman–Crippen MR) is 140 cm³/mol. The van der Waals surface area contributed by atoms with Crippen LogP contribution in [0.25, 0.3) is 0 Å². The van der Waals surface area contributed by atoms with Crippen molar-refractivity contribution in [2.75, 3.05) is 7.11 Å². The fraction of sp³-hybridized carbons (Fsp3) is 0.406. The maximum Gasteiger partial charge on any atom is 0.118 e. The first-order valence-electron chi connectivity index (χ1n) is 12.8. The predicted octanol–water partition coefficient (Wildman–Crippen LogP) is 8.74. The Hall–Kier alpha value is -2.54. The molecule has 0 aliphatic heterocycles. The first-order chi connectivity index (χ1) is 16.1. The second-order valence-electron chi connectivity index (χ2n) is 10.0. The van der Waals surface area contributed by atoms with Crippen molar-refractivity contribution in [3.8, 4) is 5.75 Å². The van der Waals surface area contributed by atoms with Gasteiger partial charge >= 0.3 is 0 Å². The summed E-state index contributed by atoms with van der Waals surface area (Å²) in [7, 11) is 1.73. The zero-order valence-corrected chi connectivity index (χ0v) is 20.6. The molecule has 4 rings (SSSR count). The molecule has 33 heavy (non-hydrogen) atoms. The topological polar surface area (TPSA) is 9.23 Å². The minimum atomic E-state index is 0.554. The molecule has 2 unspecified atom stereocenters. The van der Waals surface area contributed by atoms with Crippen LogP contribution in [0.15, 0.2) is 78.9 Å². The van der Waals surface area contributed by atoms with Gasteiger partial charge in [0.05, 0.1) is 7.11 Å². The molecule has 0 N–H and O–H groups in total. The van der Waals surface area contributed by atoms with Crippen LogP contribution in [0, 0.1) is 11.8 Å². The summed E-state index contributed by atoms with van der Waals surface area (Å²) >= 11 is 0. The van der Waals surface area contributed by atoms with E-state index < -0.39 is 0 Å². The number of rotatable bonds is 10. The number of hydrogen-bond donors (Lipinski definition) is 0. The lowest BCUT2D eigenvalue weighted by molar-refractivity contribution is 0.414. The molecule has 1 aliphatic rings. The molecule has 1 fully saturated rings. The van der Waals surface area contributed by atoms with Gasteiger partial charge in [-0.05, 0) is 97.1 Å². The van der Waals surface area contributed by atoms with E-state index >= 15 is 0 Å². The van der Waals surface area contributed by atoms with Crippen molar-refractivity contribution in [2.45, 2.75) is 70.6 Å². The molecule has 1 aliphatic carbocycles. The first kappa shape index (κ1) is 23.6. The lowest BCUT2D eigenvalue weighted by Crippen LogP contribution is -2.10. The van der Waals surface area contributed by atoms with Crippen molar-refractivity contribution in [1.29, 1.82) is 0 Å². The Labute approximate surface area is 201 Å². The van der Waals surface area contributed by atoms with Crippen molar-refractivity contribution in [3.05, 3.63) is 107 Å². The highest BCUT2D eigenvalue weighted by Crippen LogP contribution is 2.44. The van der Waals surface area contributed by atoms with E-state index in [1.165, 1.54) is 60.8 Å². The van der Waals surface area contributed by atoms with Gasteiger partial charge in [0.2, 0.25) is 0 Å². The second kappa shape index (κ2) is 11.5. The van der Waals surface area contributed by atoms with E-state index in [2.05, 4.69) is 92.7 Å². The molecule has 1 nitrogen and oxygen atoms in total. The average Bonchev–Trinajstić information content (AvgIpc) is 3.33. The molecule has 0 amide bonds. The highest BCUT2D eigenvalue weighted by molar-refractivity contribution is 5.40. The lowest BCUT2D eigenvalue weighted by atomic mass is 9.80.